The summed E-state index contributed by atoms with van der Waals surface area (Å²) in [6.07, 6.45) is 4.14. The van der Waals surface area contributed by atoms with E-state index in [1.807, 2.05) is 6.07 Å². The number of carbonyl (C=O) groups excluding carboxylic acids is 2. The van der Waals surface area contributed by atoms with Crippen molar-refractivity contribution in [2.45, 2.75) is 53.4 Å². The van der Waals surface area contributed by atoms with Crippen LogP contribution in [0.4, 0.5) is 5.69 Å². The van der Waals surface area contributed by atoms with E-state index in [0.717, 1.165) is 41.1 Å². The summed E-state index contributed by atoms with van der Waals surface area (Å²) >= 11 is 0. The van der Waals surface area contributed by atoms with Gasteiger partial charge in [0, 0.05) is 45.5 Å². The zero-order valence-corrected chi connectivity index (χ0v) is 19.1. The minimum Gasteiger partial charge on any atom is -0.496 e. The Balaban J connectivity index is 0.000000407. The van der Waals surface area contributed by atoms with Gasteiger partial charge >= 0.3 is 5.97 Å². The quantitative estimate of drug-likeness (QED) is 0.293. The van der Waals surface area contributed by atoms with Crippen molar-refractivity contribution in [1.29, 1.82) is 0 Å². The molecule has 170 valence electrons. The molecule has 2 rings (SSSR count). The van der Waals surface area contributed by atoms with Crippen LogP contribution in [0.2, 0.25) is 0 Å². The summed E-state index contributed by atoms with van der Waals surface area (Å²) in [5, 5.41) is 9.98. The van der Waals surface area contributed by atoms with E-state index in [4.69, 9.17) is 9.47 Å². The number of fused-ring (bicyclic) bond motifs is 1. The lowest BCUT2D eigenvalue weighted by Gasteiger charge is -2.20. The fourth-order valence-electron chi connectivity index (χ4n) is 2.87. The van der Waals surface area contributed by atoms with Crippen LogP contribution in [-0.4, -0.2) is 43.3 Å². The van der Waals surface area contributed by atoms with E-state index in [0.29, 0.717) is 19.4 Å². The number of esters is 1. The Bertz CT molecular complexity index is 872. The number of anilines is 1. The Morgan fingerprint density at radius 2 is 1.94 bits per heavy atom. The van der Waals surface area contributed by atoms with Gasteiger partial charge in [-0.1, -0.05) is 0 Å². The molecule has 9 heteroatoms. The van der Waals surface area contributed by atoms with Crippen molar-refractivity contribution in [2.24, 2.45) is 4.99 Å². The van der Waals surface area contributed by atoms with Crippen LogP contribution in [0.25, 0.3) is 0 Å². The monoisotopic (exact) mass is 433 g/mol. The maximum Gasteiger partial charge on any atom is 0.302 e. The van der Waals surface area contributed by atoms with Gasteiger partial charge in [-0.3, -0.25) is 24.7 Å². The molecule has 1 aromatic carbocycles. The number of hydrogen-bond acceptors (Lipinski definition) is 7. The van der Waals surface area contributed by atoms with Crippen molar-refractivity contribution < 1.29 is 24.0 Å². The number of rotatable bonds is 6. The van der Waals surface area contributed by atoms with Gasteiger partial charge in [0.2, 0.25) is 5.91 Å². The molecule has 1 amide bonds. The number of amides is 1. The summed E-state index contributed by atoms with van der Waals surface area (Å²) in [5.41, 5.74) is 3.91. The molecule has 0 spiro atoms. The number of aryl methyl sites for hydroxylation is 1. The molecular weight excluding hydrogens is 402 g/mol. The Kier molecular flexibility index (Phi) is 10.4. The molecule has 0 unspecified atom stereocenters. The third kappa shape index (κ3) is 8.57. The average Bonchev–Trinajstić information content (AvgIpc) is 2.84. The lowest BCUT2D eigenvalue weighted by atomic mass is 10.0. The first-order valence-electron chi connectivity index (χ1n) is 9.98. The number of methoxy groups -OCH3 is 1. The molecule has 0 fully saturated rings. The first kappa shape index (κ1) is 25.8. The highest BCUT2D eigenvalue weighted by molar-refractivity contribution is 5.94. The van der Waals surface area contributed by atoms with E-state index < -0.39 is 4.92 Å². The van der Waals surface area contributed by atoms with Gasteiger partial charge in [-0.2, -0.15) is 0 Å². The lowest BCUT2D eigenvalue weighted by Crippen LogP contribution is -2.25. The maximum atomic E-state index is 11.9. The normalized spacial score (nSPS) is 13.3. The first-order chi connectivity index (χ1) is 14.6. The molecule has 0 atom stereocenters. The lowest BCUT2D eigenvalue weighted by molar-refractivity contribution is -0.424. The van der Waals surface area contributed by atoms with Gasteiger partial charge in [0.15, 0.2) is 0 Å². The SMILES string of the molecule is CC(C)=N/C=C(\C)[N+](=O)[O-].COc1cc2c(cc1CCOC(C)=O)CCCC(=O)N2C. The maximum absolute atomic E-state index is 11.9. The fraction of sp³-hybridized carbons (Fsp3) is 0.500. The molecule has 31 heavy (non-hydrogen) atoms. The molecule has 9 nitrogen and oxygen atoms in total. The largest absolute Gasteiger partial charge is 0.496 e. The summed E-state index contributed by atoms with van der Waals surface area (Å²) < 4.78 is 10.4. The zero-order chi connectivity index (χ0) is 23.6. The van der Waals surface area contributed by atoms with Gasteiger partial charge < -0.3 is 14.4 Å². The van der Waals surface area contributed by atoms with Crippen molar-refractivity contribution in [1.82, 2.24) is 0 Å². The molecule has 0 saturated heterocycles. The highest BCUT2D eigenvalue weighted by Crippen LogP contribution is 2.33. The van der Waals surface area contributed by atoms with Crippen LogP contribution in [0.1, 0.15) is 51.7 Å². The van der Waals surface area contributed by atoms with E-state index in [-0.39, 0.29) is 17.6 Å². The van der Waals surface area contributed by atoms with Crippen LogP contribution in [-0.2, 0) is 27.2 Å². The Morgan fingerprint density at radius 3 is 2.48 bits per heavy atom. The van der Waals surface area contributed by atoms with Crippen LogP contribution >= 0.6 is 0 Å². The predicted molar refractivity (Wildman–Crippen MR) is 119 cm³/mol. The topological polar surface area (TPSA) is 111 Å². The highest BCUT2D eigenvalue weighted by atomic mass is 16.6. The Morgan fingerprint density at radius 1 is 1.26 bits per heavy atom. The minimum absolute atomic E-state index is 0.0567. The average molecular weight is 434 g/mol. The molecule has 1 aliphatic heterocycles. The van der Waals surface area contributed by atoms with Crippen LogP contribution in [0.3, 0.4) is 0 Å². The summed E-state index contributed by atoms with van der Waals surface area (Å²) in [5.74, 6) is 0.569. The predicted octanol–water partition coefficient (Wildman–Crippen LogP) is 3.71. The second-order valence-corrected chi connectivity index (χ2v) is 7.29. The number of benzene rings is 1. The van der Waals surface area contributed by atoms with Crippen molar-refractivity contribution >= 4 is 23.3 Å². The Labute approximate surface area is 182 Å². The number of nitro groups is 1. The third-order valence-electron chi connectivity index (χ3n) is 4.53. The number of aliphatic imine (C=N–C) groups is 1. The number of nitrogens with zero attached hydrogens (tertiary/aromatic N) is 3. The zero-order valence-electron chi connectivity index (χ0n) is 19.1. The molecule has 0 aliphatic carbocycles. The molecular formula is C22H31N3O6. The number of allylic oxidation sites excluding steroid dienone is 1. The summed E-state index contributed by atoms with van der Waals surface area (Å²) in [7, 11) is 3.40. The van der Waals surface area contributed by atoms with Crippen molar-refractivity contribution in [3.8, 4) is 5.75 Å². The van der Waals surface area contributed by atoms with Gasteiger partial charge in [0.25, 0.3) is 5.70 Å². The van der Waals surface area contributed by atoms with E-state index in [1.165, 1.54) is 20.0 Å². The second-order valence-electron chi connectivity index (χ2n) is 7.29. The van der Waals surface area contributed by atoms with Gasteiger partial charge in [0.1, 0.15) is 5.75 Å². The van der Waals surface area contributed by atoms with Gasteiger partial charge in [0.05, 0.1) is 30.5 Å². The molecule has 0 aromatic heterocycles. The standard InChI is InChI=1S/C16H21NO4.C6H10N2O2/c1-11(18)21-8-7-13-9-12-5-4-6-16(19)17(2)14(12)10-15(13)20-3;1-5(2)7-4-6(3)8(9)10/h9-10H,4-8H2,1-3H3;4H,1-3H3/b;6-4+. The summed E-state index contributed by atoms with van der Waals surface area (Å²) in [6, 6.07) is 3.97. The van der Waals surface area contributed by atoms with Crippen LogP contribution < -0.4 is 9.64 Å². The third-order valence-corrected chi connectivity index (χ3v) is 4.53. The molecule has 0 N–H and O–H groups in total. The molecule has 1 heterocycles. The van der Waals surface area contributed by atoms with Crippen molar-refractivity contribution in [3.05, 3.63) is 45.3 Å². The van der Waals surface area contributed by atoms with Crippen molar-refractivity contribution in [3.63, 3.8) is 0 Å². The minimum atomic E-state index is -0.466. The molecule has 1 aliphatic rings. The second kappa shape index (κ2) is 12.5. The van der Waals surface area contributed by atoms with E-state index >= 15 is 0 Å². The summed E-state index contributed by atoms with van der Waals surface area (Å²) in [4.78, 5) is 37.8. The number of carbonyl (C=O) groups is 2. The molecule has 0 bridgehead atoms. The molecule has 0 radical (unpaired) electrons. The first-order valence-corrected chi connectivity index (χ1v) is 9.98. The molecule has 1 aromatic rings. The van der Waals surface area contributed by atoms with E-state index in [2.05, 4.69) is 11.1 Å². The smallest absolute Gasteiger partial charge is 0.302 e. The number of hydrogen-bond donors (Lipinski definition) is 0. The van der Waals surface area contributed by atoms with Crippen LogP contribution in [0, 0.1) is 10.1 Å². The van der Waals surface area contributed by atoms with Crippen LogP contribution in [0.5, 0.6) is 5.75 Å². The number of ether oxygens (including phenoxy) is 2. The van der Waals surface area contributed by atoms with Gasteiger partial charge in [-0.05, 0) is 43.9 Å². The van der Waals surface area contributed by atoms with E-state index in [1.54, 1.807) is 32.9 Å². The van der Waals surface area contributed by atoms with Crippen LogP contribution in [0.15, 0.2) is 29.0 Å². The Hall–Kier alpha value is -3.23. The van der Waals surface area contributed by atoms with Gasteiger partial charge in [-0.25, -0.2) is 0 Å². The molecule has 0 saturated carbocycles. The summed E-state index contributed by atoms with van der Waals surface area (Å²) in [6.45, 7) is 6.70. The fourth-order valence-corrected chi connectivity index (χ4v) is 2.87. The highest BCUT2D eigenvalue weighted by Gasteiger charge is 2.21. The van der Waals surface area contributed by atoms with E-state index in [9.17, 15) is 19.7 Å². The van der Waals surface area contributed by atoms with Crippen molar-refractivity contribution in [2.75, 3.05) is 25.7 Å². The van der Waals surface area contributed by atoms with Gasteiger partial charge in [-0.15, -0.1) is 0 Å².